The van der Waals surface area contributed by atoms with E-state index in [0.717, 1.165) is 37.2 Å². The van der Waals surface area contributed by atoms with Gasteiger partial charge >= 0.3 is 0 Å². The monoisotopic (exact) mass is 328 g/mol. The summed E-state index contributed by atoms with van der Waals surface area (Å²) < 4.78 is 1.85. The van der Waals surface area contributed by atoms with Crippen molar-refractivity contribution >= 4 is 5.91 Å². The highest BCUT2D eigenvalue weighted by Crippen LogP contribution is 2.18. The van der Waals surface area contributed by atoms with Crippen molar-refractivity contribution in [1.29, 1.82) is 0 Å². The first-order chi connectivity index (χ1) is 11.5. The average molecular weight is 328 g/mol. The average Bonchev–Trinajstić information content (AvgIpc) is 2.93. The molecule has 1 aromatic heterocycles. The maximum Gasteiger partial charge on any atom is 0.255 e. The molecule has 0 saturated carbocycles. The summed E-state index contributed by atoms with van der Waals surface area (Å²) >= 11 is 0. The molecule has 0 bridgehead atoms. The van der Waals surface area contributed by atoms with Crippen LogP contribution in [0.3, 0.4) is 0 Å². The lowest BCUT2D eigenvalue weighted by Gasteiger charge is -2.21. The van der Waals surface area contributed by atoms with Gasteiger partial charge in [-0.2, -0.15) is 5.10 Å². The van der Waals surface area contributed by atoms with Gasteiger partial charge in [-0.15, -0.1) is 0 Å². The van der Waals surface area contributed by atoms with Crippen LogP contribution in [0.2, 0.25) is 0 Å². The fourth-order valence-electron chi connectivity index (χ4n) is 2.72. The van der Waals surface area contributed by atoms with Crippen LogP contribution < -0.4 is 5.32 Å². The van der Waals surface area contributed by atoms with Crippen LogP contribution >= 0.6 is 0 Å². The quantitative estimate of drug-likeness (QED) is 0.810. The number of hydrogen-bond acceptors (Lipinski definition) is 3. The van der Waals surface area contributed by atoms with E-state index in [1.807, 2.05) is 50.1 Å². The highest BCUT2D eigenvalue weighted by atomic mass is 16.1. The molecule has 0 unspecified atom stereocenters. The van der Waals surface area contributed by atoms with E-state index in [4.69, 9.17) is 0 Å². The summed E-state index contributed by atoms with van der Waals surface area (Å²) in [7, 11) is 4.09. The Balaban J connectivity index is 2.14. The molecule has 130 valence electrons. The number of rotatable bonds is 8. The minimum absolute atomic E-state index is 0.00461. The molecule has 1 N–H and O–H groups in total. The summed E-state index contributed by atoms with van der Waals surface area (Å²) in [6.45, 7) is 5.73. The number of nitrogens with one attached hydrogen (secondary N) is 1. The lowest BCUT2D eigenvalue weighted by atomic mass is 10.0. The van der Waals surface area contributed by atoms with Crippen LogP contribution in [0, 0.1) is 6.92 Å². The molecule has 2 aromatic rings. The van der Waals surface area contributed by atoms with Crippen LogP contribution in [-0.4, -0.2) is 41.2 Å². The van der Waals surface area contributed by atoms with Crippen molar-refractivity contribution < 1.29 is 4.79 Å². The number of aromatic nitrogens is 2. The largest absolute Gasteiger partial charge is 0.345 e. The van der Waals surface area contributed by atoms with Crippen LogP contribution in [0.15, 0.2) is 36.5 Å². The van der Waals surface area contributed by atoms with Crippen molar-refractivity contribution in [1.82, 2.24) is 20.0 Å². The molecule has 0 aliphatic rings. The third-order valence-corrected chi connectivity index (χ3v) is 4.02. The molecular weight excluding hydrogens is 300 g/mol. The van der Waals surface area contributed by atoms with Gasteiger partial charge in [0.2, 0.25) is 0 Å². The number of carbonyl (C=O) groups excluding carboxylic acids is 1. The number of carbonyl (C=O) groups is 1. The van der Waals surface area contributed by atoms with E-state index in [2.05, 4.69) is 34.4 Å². The highest BCUT2D eigenvalue weighted by molar-refractivity contribution is 5.95. The molecule has 0 aliphatic carbocycles. The third-order valence-electron chi connectivity index (χ3n) is 4.02. The van der Waals surface area contributed by atoms with Crippen LogP contribution in [0.1, 0.15) is 47.4 Å². The van der Waals surface area contributed by atoms with Crippen LogP contribution in [0.25, 0.3) is 0 Å². The molecule has 2 rings (SSSR count). The lowest BCUT2D eigenvalue weighted by Crippen LogP contribution is -2.31. The van der Waals surface area contributed by atoms with Crippen molar-refractivity contribution in [2.45, 2.75) is 39.3 Å². The molecule has 24 heavy (non-hydrogen) atoms. The number of aryl methyl sites for hydroxylation is 2. The zero-order valence-electron chi connectivity index (χ0n) is 15.1. The molecule has 1 atom stereocenters. The Morgan fingerprint density at radius 3 is 2.62 bits per heavy atom. The van der Waals surface area contributed by atoms with Gasteiger partial charge < -0.3 is 10.2 Å². The number of amides is 1. The van der Waals surface area contributed by atoms with E-state index in [-0.39, 0.29) is 11.9 Å². The maximum absolute atomic E-state index is 12.7. The predicted molar refractivity (Wildman–Crippen MR) is 97.1 cm³/mol. The SMILES string of the molecule is CCCn1cc(C(=O)N[C@H](CCN(C)C)c2ccccc2)c(C)n1. The molecule has 5 heteroatoms. The second kappa shape index (κ2) is 8.64. The standard InChI is InChI=1S/C19H28N4O/c1-5-12-23-14-17(15(2)21-23)19(24)20-18(11-13-22(3)4)16-9-7-6-8-10-16/h6-10,14,18H,5,11-13H2,1-4H3,(H,20,24)/t18-/m1/s1. The molecule has 0 fully saturated rings. The van der Waals surface area contributed by atoms with Crippen LogP contribution in [-0.2, 0) is 6.54 Å². The number of nitrogens with zero attached hydrogens (tertiary/aromatic N) is 3. The van der Waals surface area contributed by atoms with E-state index in [1.54, 1.807) is 0 Å². The van der Waals surface area contributed by atoms with Crippen LogP contribution in [0.4, 0.5) is 0 Å². The van der Waals surface area contributed by atoms with Gasteiger partial charge in [-0.05, 0) is 46.0 Å². The summed E-state index contributed by atoms with van der Waals surface area (Å²) in [5, 5.41) is 7.61. The van der Waals surface area contributed by atoms with Gasteiger partial charge in [-0.3, -0.25) is 9.48 Å². The van der Waals surface area contributed by atoms with Crippen molar-refractivity contribution in [3.63, 3.8) is 0 Å². The van der Waals surface area contributed by atoms with Crippen molar-refractivity contribution in [3.05, 3.63) is 53.3 Å². The zero-order valence-corrected chi connectivity index (χ0v) is 15.1. The van der Waals surface area contributed by atoms with E-state index in [1.165, 1.54) is 0 Å². The Kier molecular flexibility index (Phi) is 6.55. The van der Waals surface area contributed by atoms with E-state index in [9.17, 15) is 4.79 Å². The smallest absolute Gasteiger partial charge is 0.255 e. The maximum atomic E-state index is 12.7. The fraction of sp³-hybridized carbons (Fsp3) is 0.474. The normalized spacial score (nSPS) is 12.4. The fourth-order valence-corrected chi connectivity index (χ4v) is 2.72. The Labute approximate surface area is 144 Å². The minimum atomic E-state index is -0.0533. The molecule has 0 aliphatic heterocycles. The van der Waals surface area contributed by atoms with Gasteiger partial charge in [0, 0.05) is 12.7 Å². The molecule has 1 heterocycles. The van der Waals surface area contributed by atoms with Crippen molar-refractivity contribution in [2.75, 3.05) is 20.6 Å². The van der Waals surface area contributed by atoms with Gasteiger partial charge in [0.1, 0.15) is 0 Å². The topological polar surface area (TPSA) is 50.2 Å². The summed E-state index contributed by atoms with van der Waals surface area (Å²) in [5.74, 6) is -0.0533. The van der Waals surface area contributed by atoms with E-state index < -0.39 is 0 Å². The minimum Gasteiger partial charge on any atom is -0.345 e. The first kappa shape index (κ1) is 18.2. The lowest BCUT2D eigenvalue weighted by molar-refractivity contribution is 0.0932. The summed E-state index contributed by atoms with van der Waals surface area (Å²) in [6.07, 6.45) is 3.71. The van der Waals surface area contributed by atoms with Gasteiger partial charge in [0.05, 0.1) is 17.3 Å². The number of benzene rings is 1. The number of hydrogen-bond donors (Lipinski definition) is 1. The van der Waals surface area contributed by atoms with Crippen molar-refractivity contribution in [2.24, 2.45) is 0 Å². The molecule has 0 spiro atoms. The van der Waals surface area contributed by atoms with Gasteiger partial charge in [0.25, 0.3) is 5.91 Å². The molecule has 1 amide bonds. The molecular formula is C19H28N4O. The molecule has 0 radical (unpaired) electrons. The Morgan fingerprint density at radius 2 is 2.00 bits per heavy atom. The summed E-state index contributed by atoms with van der Waals surface area (Å²) in [5.41, 5.74) is 2.57. The highest BCUT2D eigenvalue weighted by Gasteiger charge is 2.19. The summed E-state index contributed by atoms with van der Waals surface area (Å²) in [6, 6.07) is 10.1. The molecule has 1 aromatic carbocycles. The Hall–Kier alpha value is -2.14. The second-order valence-corrected chi connectivity index (χ2v) is 6.42. The van der Waals surface area contributed by atoms with E-state index in [0.29, 0.717) is 5.56 Å². The van der Waals surface area contributed by atoms with Crippen molar-refractivity contribution in [3.8, 4) is 0 Å². The first-order valence-electron chi connectivity index (χ1n) is 8.55. The van der Waals surface area contributed by atoms with E-state index >= 15 is 0 Å². The van der Waals surface area contributed by atoms with Gasteiger partial charge in [-0.25, -0.2) is 0 Å². The predicted octanol–water partition coefficient (Wildman–Crippen LogP) is 3.02. The second-order valence-electron chi connectivity index (χ2n) is 6.42. The summed E-state index contributed by atoms with van der Waals surface area (Å²) in [4.78, 5) is 14.9. The van der Waals surface area contributed by atoms with Gasteiger partial charge in [-0.1, -0.05) is 37.3 Å². The third kappa shape index (κ3) is 4.93. The first-order valence-corrected chi connectivity index (χ1v) is 8.55. The molecule has 0 saturated heterocycles. The van der Waals surface area contributed by atoms with Gasteiger partial charge in [0.15, 0.2) is 0 Å². The molecule has 5 nitrogen and oxygen atoms in total. The van der Waals surface area contributed by atoms with Crippen LogP contribution in [0.5, 0.6) is 0 Å². The Morgan fingerprint density at radius 1 is 1.29 bits per heavy atom. The Bertz CT molecular complexity index is 649. The zero-order chi connectivity index (χ0) is 17.5.